The van der Waals surface area contributed by atoms with Crippen LogP contribution in [0.5, 0.6) is 0 Å². The summed E-state index contributed by atoms with van der Waals surface area (Å²) in [6.07, 6.45) is 3.50. The largest absolute Gasteiger partial charge is 0.345 e. The molecule has 0 aliphatic carbocycles. The van der Waals surface area contributed by atoms with Crippen LogP contribution in [-0.4, -0.2) is 16.1 Å². The van der Waals surface area contributed by atoms with Crippen molar-refractivity contribution in [1.29, 1.82) is 0 Å². The van der Waals surface area contributed by atoms with E-state index in [1.807, 2.05) is 39.0 Å². The third-order valence-electron chi connectivity index (χ3n) is 3.14. The van der Waals surface area contributed by atoms with Crippen LogP contribution in [0.3, 0.4) is 0 Å². The second kappa shape index (κ2) is 5.04. The summed E-state index contributed by atoms with van der Waals surface area (Å²) in [6, 6.07) is 5.66. The molecule has 2 rings (SSSR count). The molecule has 0 saturated carbocycles. The van der Waals surface area contributed by atoms with Crippen molar-refractivity contribution in [2.24, 2.45) is 0 Å². The van der Waals surface area contributed by atoms with Crippen LogP contribution in [0.15, 0.2) is 30.6 Å². The van der Waals surface area contributed by atoms with Gasteiger partial charge in [-0.15, -0.1) is 0 Å². The number of rotatable bonds is 3. The molecule has 1 aromatic carbocycles. The fraction of sp³-hybridized carbons (Fsp3) is 0.286. The minimum absolute atomic E-state index is 0.0575. The molecule has 0 aliphatic heterocycles. The van der Waals surface area contributed by atoms with E-state index in [4.69, 9.17) is 0 Å². The van der Waals surface area contributed by atoms with Crippen LogP contribution in [0.2, 0.25) is 0 Å². The normalized spacial score (nSPS) is 12.2. The van der Waals surface area contributed by atoms with Crippen molar-refractivity contribution in [2.45, 2.75) is 26.8 Å². The highest BCUT2D eigenvalue weighted by atomic mass is 16.1. The minimum atomic E-state index is -0.0631. The maximum atomic E-state index is 12.1. The first-order chi connectivity index (χ1) is 8.58. The molecule has 4 heteroatoms. The first kappa shape index (κ1) is 12.4. The highest BCUT2D eigenvalue weighted by molar-refractivity contribution is 5.94. The maximum absolute atomic E-state index is 12.1. The topological polar surface area (TPSA) is 57.8 Å². The van der Waals surface area contributed by atoms with E-state index in [1.54, 1.807) is 12.4 Å². The van der Waals surface area contributed by atoms with Crippen LogP contribution >= 0.6 is 0 Å². The molecule has 0 spiro atoms. The molecule has 4 nitrogen and oxygen atoms in total. The van der Waals surface area contributed by atoms with Gasteiger partial charge in [0.05, 0.1) is 12.2 Å². The van der Waals surface area contributed by atoms with E-state index >= 15 is 0 Å². The average molecular weight is 243 g/mol. The van der Waals surface area contributed by atoms with Crippen molar-refractivity contribution in [3.8, 4) is 0 Å². The van der Waals surface area contributed by atoms with Crippen molar-refractivity contribution in [2.75, 3.05) is 0 Å². The smallest absolute Gasteiger partial charge is 0.251 e. The van der Waals surface area contributed by atoms with Crippen LogP contribution in [0, 0.1) is 13.8 Å². The Morgan fingerprint density at radius 1 is 1.33 bits per heavy atom. The quantitative estimate of drug-likeness (QED) is 0.870. The molecule has 0 radical (unpaired) electrons. The molecule has 0 aliphatic rings. The van der Waals surface area contributed by atoms with Crippen LogP contribution in [0.1, 0.15) is 40.0 Å². The van der Waals surface area contributed by atoms with Crippen molar-refractivity contribution < 1.29 is 4.79 Å². The number of benzene rings is 1. The third kappa shape index (κ3) is 2.59. The van der Waals surface area contributed by atoms with Crippen molar-refractivity contribution in [1.82, 2.24) is 15.5 Å². The summed E-state index contributed by atoms with van der Waals surface area (Å²) in [4.78, 5) is 12.1. The van der Waals surface area contributed by atoms with Crippen molar-refractivity contribution in [3.05, 3.63) is 52.8 Å². The van der Waals surface area contributed by atoms with Crippen molar-refractivity contribution in [3.63, 3.8) is 0 Å². The monoisotopic (exact) mass is 243 g/mol. The Morgan fingerprint density at radius 3 is 2.72 bits per heavy atom. The number of amides is 1. The number of H-pyrrole nitrogens is 1. The number of nitrogens with zero attached hydrogens (tertiary/aromatic N) is 1. The van der Waals surface area contributed by atoms with E-state index in [0.717, 1.165) is 11.1 Å². The lowest BCUT2D eigenvalue weighted by Crippen LogP contribution is -2.26. The first-order valence-electron chi connectivity index (χ1n) is 5.94. The Bertz CT molecular complexity index is 546. The van der Waals surface area contributed by atoms with Crippen LogP contribution in [0.4, 0.5) is 0 Å². The highest BCUT2D eigenvalue weighted by Crippen LogP contribution is 2.13. The lowest BCUT2D eigenvalue weighted by atomic mass is 10.1. The van der Waals surface area contributed by atoms with Gasteiger partial charge in [0.1, 0.15) is 0 Å². The molecular weight excluding hydrogens is 226 g/mol. The summed E-state index contributed by atoms with van der Waals surface area (Å²) in [5, 5.41) is 9.56. The van der Waals surface area contributed by atoms with Crippen molar-refractivity contribution >= 4 is 5.91 Å². The molecule has 2 N–H and O–H groups in total. The Hall–Kier alpha value is -2.10. The highest BCUT2D eigenvalue weighted by Gasteiger charge is 2.12. The maximum Gasteiger partial charge on any atom is 0.251 e. The van der Waals surface area contributed by atoms with E-state index in [1.165, 1.54) is 5.56 Å². The van der Waals surface area contributed by atoms with E-state index in [9.17, 15) is 4.79 Å². The standard InChI is InChI=1S/C14H17N3O/c1-9-4-5-12(6-10(9)2)14(18)17-11(3)13-7-15-16-8-13/h4-8,11H,1-3H3,(H,15,16)(H,17,18). The molecule has 0 saturated heterocycles. The van der Waals surface area contributed by atoms with E-state index in [-0.39, 0.29) is 11.9 Å². The number of carbonyl (C=O) groups excluding carboxylic acids is 1. The fourth-order valence-corrected chi connectivity index (χ4v) is 1.74. The predicted octanol–water partition coefficient (Wildman–Crippen LogP) is 2.52. The zero-order valence-corrected chi connectivity index (χ0v) is 10.8. The van der Waals surface area contributed by atoms with Gasteiger partial charge in [0.25, 0.3) is 5.91 Å². The Labute approximate surface area is 106 Å². The molecule has 1 atom stereocenters. The molecule has 1 unspecified atom stereocenters. The number of nitrogens with one attached hydrogen (secondary N) is 2. The van der Waals surface area contributed by atoms with E-state index in [0.29, 0.717) is 5.56 Å². The lowest BCUT2D eigenvalue weighted by Gasteiger charge is -2.12. The van der Waals surface area contributed by atoms with Gasteiger partial charge in [0.15, 0.2) is 0 Å². The van der Waals surface area contributed by atoms with E-state index in [2.05, 4.69) is 15.5 Å². The zero-order chi connectivity index (χ0) is 13.1. The number of hydrogen-bond acceptors (Lipinski definition) is 2. The van der Waals surface area contributed by atoms with Gasteiger partial charge < -0.3 is 5.32 Å². The summed E-state index contributed by atoms with van der Waals surface area (Å²) in [6.45, 7) is 5.97. The van der Waals surface area contributed by atoms with Gasteiger partial charge >= 0.3 is 0 Å². The van der Waals surface area contributed by atoms with Gasteiger partial charge in [-0.3, -0.25) is 9.89 Å². The second-order valence-electron chi connectivity index (χ2n) is 4.53. The minimum Gasteiger partial charge on any atom is -0.345 e. The Morgan fingerprint density at radius 2 is 2.11 bits per heavy atom. The molecule has 0 fully saturated rings. The SMILES string of the molecule is Cc1ccc(C(=O)NC(C)c2cn[nH]c2)cc1C. The summed E-state index contributed by atoms with van der Waals surface area (Å²) < 4.78 is 0. The van der Waals surface area contributed by atoms with Crippen LogP contribution in [-0.2, 0) is 0 Å². The average Bonchev–Trinajstić information content (AvgIpc) is 2.86. The summed E-state index contributed by atoms with van der Waals surface area (Å²) in [5.74, 6) is -0.0631. The molecule has 1 heterocycles. The second-order valence-corrected chi connectivity index (χ2v) is 4.53. The van der Waals surface area contributed by atoms with Gasteiger partial charge in [-0.2, -0.15) is 5.10 Å². The molecule has 2 aromatic rings. The lowest BCUT2D eigenvalue weighted by molar-refractivity contribution is 0.0940. The number of hydrogen-bond donors (Lipinski definition) is 2. The zero-order valence-electron chi connectivity index (χ0n) is 10.8. The van der Waals surface area contributed by atoms with Gasteiger partial charge in [-0.05, 0) is 44.0 Å². The summed E-state index contributed by atoms with van der Waals surface area (Å²) in [7, 11) is 0. The van der Waals surface area contributed by atoms with Gasteiger partial charge in [0.2, 0.25) is 0 Å². The first-order valence-corrected chi connectivity index (χ1v) is 5.94. The third-order valence-corrected chi connectivity index (χ3v) is 3.14. The van der Waals surface area contributed by atoms with E-state index < -0.39 is 0 Å². The van der Waals surface area contributed by atoms with Crippen LogP contribution in [0.25, 0.3) is 0 Å². The molecule has 1 aromatic heterocycles. The molecule has 18 heavy (non-hydrogen) atoms. The molecule has 94 valence electrons. The summed E-state index contributed by atoms with van der Waals surface area (Å²) >= 11 is 0. The number of aromatic amines is 1. The molecule has 1 amide bonds. The number of aryl methyl sites for hydroxylation is 2. The summed E-state index contributed by atoms with van der Waals surface area (Å²) in [5.41, 5.74) is 3.97. The Kier molecular flexibility index (Phi) is 3.46. The van der Waals surface area contributed by atoms with Gasteiger partial charge in [-0.25, -0.2) is 0 Å². The Balaban J connectivity index is 2.10. The molecular formula is C14H17N3O. The van der Waals surface area contributed by atoms with Gasteiger partial charge in [0, 0.05) is 17.3 Å². The predicted molar refractivity (Wildman–Crippen MR) is 70.4 cm³/mol. The molecule has 0 bridgehead atoms. The number of carbonyl (C=O) groups is 1. The van der Waals surface area contributed by atoms with Gasteiger partial charge in [-0.1, -0.05) is 6.07 Å². The fourth-order valence-electron chi connectivity index (χ4n) is 1.74. The van der Waals surface area contributed by atoms with Crippen LogP contribution < -0.4 is 5.32 Å². The number of aromatic nitrogens is 2.